The molecule has 0 spiro atoms. The van der Waals surface area contributed by atoms with Crippen LogP contribution in [0.5, 0.6) is 11.5 Å². The zero-order chi connectivity index (χ0) is 22.5. The maximum atomic E-state index is 12.8. The molecule has 0 atom stereocenters. The molecule has 0 radical (unpaired) electrons. The number of unbranched alkanes of at least 4 members (excludes halogenated alkanes) is 2. The summed E-state index contributed by atoms with van der Waals surface area (Å²) in [5, 5.41) is 12.2. The van der Waals surface area contributed by atoms with Crippen LogP contribution < -0.4 is 14.8 Å². The molecule has 4 rings (SSSR count). The highest BCUT2D eigenvalue weighted by atomic mass is 32.2. The van der Waals surface area contributed by atoms with Crippen molar-refractivity contribution >= 4 is 62.7 Å². The summed E-state index contributed by atoms with van der Waals surface area (Å²) in [4.78, 5) is 27.0. The first-order valence-corrected chi connectivity index (χ1v) is 12.3. The highest BCUT2D eigenvalue weighted by Gasteiger charge is 2.31. The molecule has 2 aromatic rings. The maximum Gasteiger partial charge on any atom is 0.266 e. The number of hydrogen-bond donors (Lipinski definition) is 1. The largest absolute Gasteiger partial charge is 0.454 e. The van der Waals surface area contributed by atoms with Crippen LogP contribution in [0.25, 0.3) is 6.08 Å². The van der Waals surface area contributed by atoms with Gasteiger partial charge >= 0.3 is 0 Å². The summed E-state index contributed by atoms with van der Waals surface area (Å²) in [6, 6.07) is 5.57. The summed E-state index contributed by atoms with van der Waals surface area (Å²) < 4.78 is 11.3. The molecule has 1 aromatic heterocycles. The molecule has 0 aliphatic carbocycles. The summed E-state index contributed by atoms with van der Waals surface area (Å²) in [6.45, 7) is 2.75. The first-order chi connectivity index (χ1) is 15.5. The van der Waals surface area contributed by atoms with Gasteiger partial charge in [0.15, 0.2) is 11.5 Å². The fourth-order valence-corrected chi connectivity index (χ4v) is 5.21. The number of aryl methyl sites for hydroxylation is 1. The number of thioether (sulfide) groups is 1. The normalized spacial score (nSPS) is 16.3. The van der Waals surface area contributed by atoms with Gasteiger partial charge in [-0.2, -0.15) is 0 Å². The Morgan fingerprint density at radius 2 is 2.09 bits per heavy atom. The molecular formula is C21H22N4O4S3. The molecule has 3 heterocycles. The van der Waals surface area contributed by atoms with Crippen LogP contribution in [-0.2, 0) is 16.0 Å². The molecule has 8 nitrogen and oxygen atoms in total. The summed E-state index contributed by atoms with van der Waals surface area (Å²) in [6.07, 6.45) is 5.36. The SMILES string of the molecule is CCc1nnc(NC(=O)CCCCCN2C(=O)/C(=C/c3ccc4c(c3)OCO4)SC2=S)s1. The minimum absolute atomic E-state index is 0.0685. The van der Waals surface area contributed by atoms with E-state index in [4.69, 9.17) is 21.7 Å². The van der Waals surface area contributed by atoms with Crippen LogP contribution in [0.4, 0.5) is 5.13 Å². The Morgan fingerprint density at radius 3 is 2.91 bits per heavy atom. The molecule has 1 saturated heterocycles. The lowest BCUT2D eigenvalue weighted by atomic mass is 10.1. The number of anilines is 1. The molecule has 1 fully saturated rings. The third-order valence-electron chi connectivity index (χ3n) is 4.87. The van der Waals surface area contributed by atoms with Crippen LogP contribution in [0, 0.1) is 0 Å². The van der Waals surface area contributed by atoms with Gasteiger partial charge in [0.1, 0.15) is 9.33 Å². The van der Waals surface area contributed by atoms with Crippen molar-refractivity contribution in [3.05, 3.63) is 33.7 Å². The highest BCUT2D eigenvalue weighted by molar-refractivity contribution is 8.26. The minimum atomic E-state index is -0.0848. The fraction of sp³-hybridized carbons (Fsp3) is 0.381. The fourth-order valence-electron chi connectivity index (χ4n) is 3.21. The second kappa shape index (κ2) is 10.4. The standard InChI is InChI=1S/C21H22N4O4S3/c1-2-18-23-24-20(32-18)22-17(26)6-4-3-5-9-25-19(27)16(31-21(25)30)11-13-7-8-14-15(10-13)29-12-28-14/h7-8,10-11H,2-6,9,12H2,1H3,(H,22,24,26)/b16-11-. The van der Waals surface area contributed by atoms with E-state index in [0.29, 0.717) is 38.8 Å². The molecule has 0 saturated carbocycles. The number of nitrogens with one attached hydrogen (secondary N) is 1. The number of fused-ring (bicyclic) bond motifs is 1. The highest BCUT2D eigenvalue weighted by Crippen LogP contribution is 2.36. The lowest BCUT2D eigenvalue weighted by molar-refractivity contribution is -0.122. The van der Waals surface area contributed by atoms with Crippen LogP contribution in [0.3, 0.4) is 0 Å². The number of ether oxygens (including phenoxy) is 2. The van der Waals surface area contributed by atoms with Crippen LogP contribution in [0.1, 0.15) is 43.2 Å². The molecule has 1 aromatic carbocycles. The third-order valence-corrected chi connectivity index (χ3v) is 7.23. The van der Waals surface area contributed by atoms with E-state index >= 15 is 0 Å². The van der Waals surface area contributed by atoms with Crippen molar-refractivity contribution in [1.82, 2.24) is 15.1 Å². The maximum absolute atomic E-state index is 12.8. The van der Waals surface area contributed by atoms with Gasteiger partial charge in [0, 0.05) is 13.0 Å². The molecule has 0 bridgehead atoms. The van der Waals surface area contributed by atoms with Crippen molar-refractivity contribution in [2.75, 3.05) is 18.7 Å². The number of amides is 2. The quantitative estimate of drug-likeness (QED) is 0.317. The topological polar surface area (TPSA) is 93.7 Å². The van der Waals surface area contributed by atoms with Gasteiger partial charge < -0.3 is 14.8 Å². The zero-order valence-electron chi connectivity index (χ0n) is 17.5. The number of aromatic nitrogens is 2. The van der Waals surface area contributed by atoms with Crippen LogP contribution in [0.2, 0.25) is 0 Å². The number of benzene rings is 1. The smallest absolute Gasteiger partial charge is 0.266 e. The molecule has 2 aliphatic rings. The average Bonchev–Trinajstić information content (AvgIpc) is 3.49. The summed E-state index contributed by atoms with van der Waals surface area (Å²) >= 11 is 8.10. The molecule has 2 amide bonds. The molecule has 32 heavy (non-hydrogen) atoms. The van der Waals surface area contributed by atoms with Gasteiger partial charge in [-0.3, -0.25) is 14.5 Å². The Hall–Kier alpha value is -2.50. The predicted octanol–water partition coefficient (Wildman–Crippen LogP) is 4.23. The van der Waals surface area contributed by atoms with Crippen LogP contribution in [0.15, 0.2) is 23.1 Å². The van der Waals surface area contributed by atoms with E-state index in [1.165, 1.54) is 23.1 Å². The van der Waals surface area contributed by atoms with Crippen molar-refractivity contribution in [1.29, 1.82) is 0 Å². The van der Waals surface area contributed by atoms with Crippen molar-refractivity contribution in [3.8, 4) is 11.5 Å². The van der Waals surface area contributed by atoms with Gasteiger partial charge in [0.05, 0.1) is 4.91 Å². The van der Waals surface area contributed by atoms with E-state index in [2.05, 4.69) is 15.5 Å². The second-order valence-electron chi connectivity index (χ2n) is 7.16. The molecule has 1 N–H and O–H groups in total. The Kier molecular flexibility index (Phi) is 7.38. The summed E-state index contributed by atoms with van der Waals surface area (Å²) in [5.74, 6) is 1.23. The first kappa shape index (κ1) is 22.7. The predicted molar refractivity (Wildman–Crippen MR) is 129 cm³/mol. The van der Waals surface area contributed by atoms with E-state index in [9.17, 15) is 9.59 Å². The van der Waals surface area contributed by atoms with Gasteiger partial charge in [0.2, 0.25) is 17.8 Å². The van der Waals surface area contributed by atoms with Gasteiger partial charge in [-0.05, 0) is 43.0 Å². The number of carbonyl (C=O) groups is 2. The Bertz CT molecular complexity index is 1070. The van der Waals surface area contributed by atoms with Gasteiger partial charge in [-0.25, -0.2) is 0 Å². The van der Waals surface area contributed by atoms with Crippen molar-refractivity contribution in [2.45, 2.75) is 39.0 Å². The Labute approximate surface area is 199 Å². The second-order valence-corrected chi connectivity index (χ2v) is 9.90. The van der Waals surface area contributed by atoms with E-state index < -0.39 is 0 Å². The van der Waals surface area contributed by atoms with Crippen molar-refractivity contribution < 1.29 is 19.1 Å². The average molecular weight is 491 g/mol. The van der Waals surface area contributed by atoms with Gasteiger partial charge in [0.25, 0.3) is 5.91 Å². The van der Waals surface area contributed by atoms with Gasteiger partial charge in [-0.1, -0.05) is 54.7 Å². The van der Waals surface area contributed by atoms with Crippen molar-refractivity contribution in [2.24, 2.45) is 0 Å². The van der Waals surface area contributed by atoms with Crippen LogP contribution >= 0.6 is 35.3 Å². The zero-order valence-corrected chi connectivity index (χ0v) is 19.9. The minimum Gasteiger partial charge on any atom is -0.454 e. The number of hydrogen-bond acceptors (Lipinski definition) is 9. The lowest BCUT2D eigenvalue weighted by Crippen LogP contribution is -2.29. The monoisotopic (exact) mass is 490 g/mol. The van der Waals surface area contributed by atoms with E-state index in [1.54, 1.807) is 4.90 Å². The van der Waals surface area contributed by atoms with E-state index in [-0.39, 0.29) is 18.6 Å². The number of nitrogens with zero attached hydrogens (tertiary/aromatic N) is 3. The van der Waals surface area contributed by atoms with Gasteiger partial charge in [-0.15, -0.1) is 10.2 Å². The Balaban J connectivity index is 1.21. The first-order valence-electron chi connectivity index (χ1n) is 10.3. The summed E-state index contributed by atoms with van der Waals surface area (Å²) in [5.41, 5.74) is 0.863. The molecular weight excluding hydrogens is 468 g/mol. The van der Waals surface area contributed by atoms with Crippen LogP contribution in [-0.4, -0.2) is 44.6 Å². The molecule has 0 unspecified atom stereocenters. The number of carbonyl (C=O) groups excluding carboxylic acids is 2. The Morgan fingerprint density at radius 1 is 1.25 bits per heavy atom. The summed E-state index contributed by atoms with van der Waals surface area (Å²) in [7, 11) is 0. The number of thiocarbonyl (C=S) groups is 1. The molecule has 11 heteroatoms. The molecule has 2 aliphatic heterocycles. The van der Waals surface area contributed by atoms with E-state index in [1.807, 2.05) is 31.2 Å². The lowest BCUT2D eigenvalue weighted by Gasteiger charge is -2.14. The number of rotatable bonds is 9. The van der Waals surface area contributed by atoms with E-state index in [0.717, 1.165) is 36.3 Å². The molecule has 168 valence electrons. The van der Waals surface area contributed by atoms with Crippen molar-refractivity contribution in [3.63, 3.8) is 0 Å². The third kappa shape index (κ3) is 5.45.